The van der Waals surface area contributed by atoms with Crippen LogP contribution in [0.2, 0.25) is 0 Å². The second kappa shape index (κ2) is 5.53. The van der Waals surface area contributed by atoms with E-state index in [1.165, 1.54) is 6.33 Å². The van der Waals surface area contributed by atoms with E-state index in [0.717, 1.165) is 12.0 Å². The zero-order valence-corrected chi connectivity index (χ0v) is 10.6. The minimum absolute atomic E-state index is 0.0109. The first-order valence-corrected chi connectivity index (χ1v) is 5.98. The van der Waals surface area contributed by atoms with Gasteiger partial charge in [-0.25, -0.2) is 4.98 Å². The fourth-order valence-corrected chi connectivity index (χ4v) is 1.61. The van der Waals surface area contributed by atoms with Gasteiger partial charge in [0.05, 0.1) is 6.33 Å². The van der Waals surface area contributed by atoms with Gasteiger partial charge in [0.25, 0.3) is 5.56 Å². The molecule has 0 saturated heterocycles. The molecule has 2 rings (SSSR count). The van der Waals surface area contributed by atoms with Crippen LogP contribution in [-0.4, -0.2) is 9.97 Å². The molecule has 0 saturated carbocycles. The third kappa shape index (κ3) is 2.92. The van der Waals surface area contributed by atoms with Gasteiger partial charge < -0.3 is 21.2 Å². The number of aromatic nitrogens is 2. The predicted octanol–water partition coefficient (Wildman–Crippen LogP) is 1.55. The molecule has 0 aliphatic carbocycles. The van der Waals surface area contributed by atoms with Crippen LogP contribution in [0, 0.1) is 0 Å². The van der Waals surface area contributed by atoms with Crippen molar-refractivity contribution >= 4 is 5.69 Å². The van der Waals surface area contributed by atoms with Gasteiger partial charge in [-0.15, -0.1) is 0 Å². The highest BCUT2D eigenvalue weighted by atomic mass is 16.5. The van der Waals surface area contributed by atoms with Crippen LogP contribution in [0.25, 0.3) is 0 Å². The molecule has 0 radical (unpaired) electrons. The standard InChI is InChI=1S/C13H16N4O2/c1-2-10(14)8-3-5-9(6-4-8)19-13-11(15)12(18)16-7-17-13/h3-7,10H,2,14-15H2,1H3,(H,16,17,18). The van der Waals surface area contributed by atoms with Crippen LogP contribution >= 0.6 is 0 Å². The van der Waals surface area contributed by atoms with E-state index in [9.17, 15) is 4.79 Å². The number of ether oxygens (including phenoxy) is 1. The molecule has 0 amide bonds. The van der Waals surface area contributed by atoms with E-state index in [0.29, 0.717) is 5.75 Å². The number of hydrogen-bond acceptors (Lipinski definition) is 5. The highest BCUT2D eigenvalue weighted by Gasteiger charge is 2.08. The van der Waals surface area contributed by atoms with Gasteiger partial charge >= 0.3 is 0 Å². The number of benzene rings is 1. The fraction of sp³-hybridized carbons (Fsp3) is 0.231. The molecule has 100 valence electrons. The molecule has 1 unspecified atom stereocenters. The summed E-state index contributed by atoms with van der Waals surface area (Å²) in [4.78, 5) is 17.5. The van der Waals surface area contributed by atoms with Crippen molar-refractivity contribution in [3.05, 3.63) is 46.5 Å². The van der Waals surface area contributed by atoms with Gasteiger partial charge in [-0.2, -0.15) is 0 Å². The van der Waals surface area contributed by atoms with Crippen molar-refractivity contribution < 1.29 is 4.74 Å². The Morgan fingerprint density at radius 3 is 2.68 bits per heavy atom. The Balaban J connectivity index is 2.20. The van der Waals surface area contributed by atoms with E-state index < -0.39 is 5.56 Å². The van der Waals surface area contributed by atoms with Gasteiger partial charge in [-0.1, -0.05) is 19.1 Å². The molecule has 6 nitrogen and oxygen atoms in total. The average Bonchev–Trinajstić information content (AvgIpc) is 2.44. The van der Waals surface area contributed by atoms with Gasteiger partial charge in [-0.3, -0.25) is 4.79 Å². The maximum absolute atomic E-state index is 11.3. The lowest BCUT2D eigenvalue weighted by atomic mass is 10.1. The summed E-state index contributed by atoms with van der Waals surface area (Å²) < 4.78 is 5.46. The van der Waals surface area contributed by atoms with Crippen LogP contribution in [0.4, 0.5) is 5.69 Å². The summed E-state index contributed by atoms with van der Waals surface area (Å²) in [6.07, 6.45) is 2.11. The SMILES string of the molecule is CCC(N)c1ccc(Oc2nc[nH]c(=O)c2N)cc1. The molecule has 1 aromatic carbocycles. The summed E-state index contributed by atoms with van der Waals surface area (Å²) in [5.41, 5.74) is 12.1. The minimum Gasteiger partial charge on any atom is -0.437 e. The first-order chi connectivity index (χ1) is 9.11. The van der Waals surface area contributed by atoms with E-state index in [2.05, 4.69) is 9.97 Å². The Kier molecular flexibility index (Phi) is 3.82. The van der Waals surface area contributed by atoms with Crippen molar-refractivity contribution in [2.75, 3.05) is 5.73 Å². The summed E-state index contributed by atoms with van der Waals surface area (Å²) in [5.74, 6) is 0.646. The van der Waals surface area contributed by atoms with Gasteiger partial charge in [0, 0.05) is 6.04 Å². The second-order valence-electron chi connectivity index (χ2n) is 4.14. The second-order valence-corrected chi connectivity index (χ2v) is 4.14. The summed E-state index contributed by atoms with van der Waals surface area (Å²) in [6.45, 7) is 2.02. The third-order valence-electron chi connectivity index (χ3n) is 2.82. The van der Waals surface area contributed by atoms with Crippen LogP contribution in [-0.2, 0) is 0 Å². The Labute approximate surface area is 110 Å². The van der Waals surface area contributed by atoms with E-state index in [1.807, 2.05) is 19.1 Å². The Morgan fingerprint density at radius 1 is 1.37 bits per heavy atom. The molecule has 1 aromatic heterocycles. The molecule has 0 aliphatic heterocycles. The molecule has 5 N–H and O–H groups in total. The van der Waals surface area contributed by atoms with Crippen LogP contribution in [0.1, 0.15) is 24.9 Å². The summed E-state index contributed by atoms with van der Waals surface area (Å²) >= 11 is 0. The molecule has 1 heterocycles. The van der Waals surface area contributed by atoms with Crippen LogP contribution in [0.3, 0.4) is 0 Å². The highest BCUT2D eigenvalue weighted by molar-refractivity contribution is 5.47. The molecule has 1 atom stereocenters. The van der Waals surface area contributed by atoms with E-state index >= 15 is 0 Å². The number of nitrogens with one attached hydrogen (secondary N) is 1. The van der Waals surface area contributed by atoms with Gasteiger partial charge in [0.2, 0.25) is 5.88 Å². The van der Waals surface area contributed by atoms with E-state index in [4.69, 9.17) is 16.2 Å². The number of aromatic amines is 1. The number of hydrogen-bond donors (Lipinski definition) is 3. The summed E-state index contributed by atoms with van der Waals surface area (Å²) in [5, 5.41) is 0. The molecule has 19 heavy (non-hydrogen) atoms. The van der Waals surface area contributed by atoms with E-state index in [1.54, 1.807) is 12.1 Å². The summed E-state index contributed by atoms with van der Waals surface area (Å²) in [6, 6.07) is 7.32. The normalized spacial score (nSPS) is 12.1. The average molecular weight is 260 g/mol. The largest absolute Gasteiger partial charge is 0.437 e. The number of H-pyrrole nitrogens is 1. The number of nitrogen functional groups attached to an aromatic ring is 1. The first kappa shape index (κ1) is 13.1. The third-order valence-corrected chi connectivity index (χ3v) is 2.82. The monoisotopic (exact) mass is 260 g/mol. The maximum atomic E-state index is 11.3. The highest BCUT2D eigenvalue weighted by Crippen LogP contribution is 2.24. The first-order valence-electron chi connectivity index (χ1n) is 5.98. The van der Waals surface area contributed by atoms with E-state index in [-0.39, 0.29) is 17.6 Å². The fourth-order valence-electron chi connectivity index (χ4n) is 1.61. The van der Waals surface area contributed by atoms with Crippen molar-refractivity contribution in [1.82, 2.24) is 9.97 Å². The Bertz CT molecular complexity index is 607. The molecule has 0 spiro atoms. The number of anilines is 1. The van der Waals surface area contributed by atoms with Crippen molar-refractivity contribution in [3.8, 4) is 11.6 Å². The molecular weight excluding hydrogens is 244 g/mol. The maximum Gasteiger partial charge on any atom is 0.277 e. The quantitative estimate of drug-likeness (QED) is 0.773. The molecule has 0 bridgehead atoms. The lowest BCUT2D eigenvalue weighted by molar-refractivity contribution is 0.463. The number of rotatable bonds is 4. The minimum atomic E-state index is -0.422. The molecule has 0 fully saturated rings. The Morgan fingerprint density at radius 2 is 2.05 bits per heavy atom. The Hall–Kier alpha value is -2.34. The van der Waals surface area contributed by atoms with Crippen LogP contribution < -0.4 is 21.8 Å². The molecule has 6 heteroatoms. The van der Waals surface area contributed by atoms with Crippen molar-refractivity contribution in [2.45, 2.75) is 19.4 Å². The zero-order valence-electron chi connectivity index (χ0n) is 10.6. The number of nitrogens with two attached hydrogens (primary N) is 2. The van der Waals surface area contributed by atoms with Gasteiger partial charge in [0.1, 0.15) is 5.75 Å². The van der Waals surface area contributed by atoms with Crippen molar-refractivity contribution in [2.24, 2.45) is 5.73 Å². The molecular formula is C13H16N4O2. The van der Waals surface area contributed by atoms with Crippen molar-refractivity contribution in [3.63, 3.8) is 0 Å². The van der Waals surface area contributed by atoms with Gasteiger partial charge in [0.15, 0.2) is 5.69 Å². The van der Waals surface area contributed by atoms with Crippen LogP contribution in [0.15, 0.2) is 35.4 Å². The smallest absolute Gasteiger partial charge is 0.277 e. The lowest BCUT2D eigenvalue weighted by Crippen LogP contribution is -2.13. The summed E-state index contributed by atoms with van der Waals surface area (Å²) in [7, 11) is 0. The molecule has 2 aromatic rings. The van der Waals surface area contributed by atoms with Crippen molar-refractivity contribution in [1.29, 1.82) is 0 Å². The lowest BCUT2D eigenvalue weighted by Gasteiger charge is -2.10. The van der Waals surface area contributed by atoms with Gasteiger partial charge in [-0.05, 0) is 24.1 Å². The number of nitrogens with zero attached hydrogens (tertiary/aromatic N) is 1. The predicted molar refractivity (Wildman–Crippen MR) is 73.0 cm³/mol. The topological polar surface area (TPSA) is 107 Å². The molecule has 0 aliphatic rings. The van der Waals surface area contributed by atoms with Crippen LogP contribution in [0.5, 0.6) is 11.6 Å². The zero-order chi connectivity index (χ0) is 13.8.